The normalized spacial score (nSPS) is 21.9. The monoisotopic (exact) mass is 433 g/mol. The van der Waals surface area contributed by atoms with Crippen molar-refractivity contribution in [3.8, 4) is 5.75 Å². The van der Waals surface area contributed by atoms with Crippen LogP contribution in [-0.2, 0) is 16.0 Å². The number of aliphatic hydroxyl groups excluding tert-OH is 1. The van der Waals surface area contributed by atoms with Crippen LogP contribution in [-0.4, -0.2) is 33.1 Å². The molecule has 156 valence electrons. The van der Waals surface area contributed by atoms with Gasteiger partial charge < -0.3 is 9.84 Å². The molecule has 1 amide bonds. The molecule has 3 heterocycles. The predicted molar refractivity (Wildman–Crippen MR) is 116 cm³/mol. The molecule has 1 aromatic heterocycles. The second-order valence-corrected chi connectivity index (χ2v) is 8.80. The van der Waals surface area contributed by atoms with Crippen molar-refractivity contribution in [1.82, 2.24) is 10.2 Å². The summed E-state index contributed by atoms with van der Waals surface area (Å²) in [5, 5.41) is 20.3. The van der Waals surface area contributed by atoms with Gasteiger partial charge in [0.25, 0.3) is 5.78 Å². The van der Waals surface area contributed by atoms with Crippen LogP contribution in [0, 0.1) is 6.92 Å². The van der Waals surface area contributed by atoms with E-state index in [4.69, 9.17) is 4.74 Å². The van der Waals surface area contributed by atoms with Gasteiger partial charge in [0.2, 0.25) is 5.13 Å². The Morgan fingerprint density at radius 1 is 1.16 bits per heavy atom. The molecular formula is C23H19N3O4S. The first kappa shape index (κ1) is 19.4. The molecule has 0 spiro atoms. The summed E-state index contributed by atoms with van der Waals surface area (Å²) in [4.78, 5) is 27.5. The summed E-state index contributed by atoms with van der Waals surface area (Å²) in [7, 11) is 0. The van der Waals surface area contributed by atoms with Crippen LogP contribution < -0.4 is 9.64 Å². The number of carbonyl (C=O) groups excluding carboxylic acids is 2. The molecule has 2 unspecified atom stereocenters. The maximum Gasteiger partial charge on any atom is 0.301 e. The van der Waals surface area contributed by atoms with Crippen LogP contribution >= 0.6 is 11.3 Å². The third-order valence-corrected chi connectivity index (χ3v) is 6.29. The van der Waals surface area contributed by atoms with E-state index in [2.05, 4.69) is 10.2 Å². The number of aliphatic hydroxyl groups is 1. The topological polar surface area (TPSA) is 92.6 Å². The fourth-order valence-electron chi connectivity index (χ4n) is 4.09. The highest BCUT2D eigenvalue weighted by Crippen LogP contribution is 2.43. The zero-order valence-corrected chi connectivity index (χ0v) is 17.7. The second kappa shape index (κ2) is 7.31. The minimum atomic E-state index is -0.794. The van der Waals surface area contributed by atoms with E-state index in [1.165, 1.54) is 16.2 Å². The molecule has 2 aromatic carbocycles. The highest BCUT2D eigenvalue weighted by Gasteiger charge is 2.48. The molecule has 2 atom stereocenters. The van der Waals surface area contributed by atoms with Gasteiger partial charge in [-0.3, -0.25) is 14.5 Å². The van der Waals surface area contributed by atoms with Gasteiger partial charge in [0.1, 0.15) is 22.6 Å². The number of fused-ring (bicyclic) bond motifs is 1. The van der Waals surface area contributed by atoms with E-state index in [1.807, 2.05) is 43.3 Å². The Kier molecular flexibility index (Phi) is 4.59. The van der Waals surface area contributed by atoms with Gasteiger partial charge in [-0.1, -0.05) is 41.7 Å². The Labute approximate surface area is 182 Å². The van der Waals surface area contributed by atoms with Crippen LogP contribution in [0.1, 0.15) is 34.7 Å². The summed E-state index contributed by atoms with van der Waals surface area (Å²) in [6.07, 6.45) is 0.777. The third kappa shape index (κ3) is 3.19. The van der Waals surface area contributed by atoms with Gasteiger partial charge in [-0.05, 0) is 43.2 Å². The number of Topliss-reactive ketones (excluding diaryl/α,β-unsaturated/α-hetero) is 1. The van der Waals surface area contributed by atoms with E-state index >= 15 is 0 Å². The lowest BCUT2D eigenvalue weighted by Gasteiger charge is -2.22. The average molecular weight is 433 g/mol. The zero-order chi connectivity index (χ0) is 21.7. The molecule has 0 bridgehead atoms. The largest absolute Gasteiger partial charge is 0.507 e. The van der Waals surface area contributed by atoms with Crippen molar-refractivity contribution >= 4 is 33.9 Å². The number of benzene rings is 2. The number of amides is 1. The van der Waals surface area contributed by atoms with E-state index in [-0.39, 0.29) is 17.4 Å². The molecule has 5 rings (SSSR count). The number of aryl methyl sites for hydroxylation is 1. The van der Waals surface area contributed by atoms with Crippen molar-refractivity contribution in [2.75, 3.05) is 4.90 Å². The molecule has 8 heteroatoms. The summed E-state index contributed by atoms with van der Waals surface area (Å²) in [6.45, 7) is 3.76. The lowest BCUT2D eigenvalue weighted by atomic mass is 9.94. The fourth-order valence-corrected chi connectivity index (χ4v) is 4.80. The number of carbonyl (C=O) groups is 2. The van der Waals surface area contributed by atoms with Crippen LogP contribution in [0.4, 0.5) is 5.13 Å². The van der Waals surface area contributed by atoms with Crippen molar-refractivity contribution in [1.29, 1.82) is 0 Å². The van der Waals surface area contributed by atoms with E-state index in [0.29, 0.717) is 21.3 Å². The Balaban J connectivity index is 1.68. The number of aromatic nitrogens is 2. The van der Waals surface area contributed by atoms with Crippen molar-refractivity contribution in [3.05, 3.63) is 75.8 Å². The average Bonchev–Trinajstić information content (AvgIpc) is 3.43. The number of rotatable bonds is 3. The summed E-state index contributed by atoms with van der Waals surface area (Å²) in [5.41, 5.74) is 2.18. The SMILES string of the molecule is Cc1nnc(N2C(=O)C(=O)C(=C(O)c3ccc4c(c3)CC(C)O4)C2c2ccccc2)s1. The molecule has 1 fully saturated rings. The van der Waals surface area contributed by atoms with Gasteiger partial charge in [-0.2, -0.15) is 0 Å². The summed E-state index contributed by atoms with van der Waals surface area (Å²) in [6, 6.07) is 13.7. The lowest BCUT2D eigenvalue weighted by Crippen LogP contribution is -2.29. The molecule has 0 aliphatic carbocycles. The van der Waals surface area contributed by atoms with Crippen LogP contribution in [0.15, 0.2) is 54.1 Å². The summed E-state index contributed by atoms with van der Waals surface area (Å²) >= 11 is 1.23. The van der Waals surface area contributed by atoms with Crippen molar-refractivity contribution < 1.29 is 19.4 Å². The highest BCUT2D eigenvalue weighted by molar-refractivity contribution is 7.15. The molecule has 0 radical (unpaired) electrons. The highest BCUT2D eigenvalue weighted by atomic mass is 32.1. The quantitative estimate of drug-likeness (QED) is 0.384. The number of ether oxygens (including phenoxy) is 1. The van der Waals surface area contributed by atoms with Gasteiger partial charge in [0, 0.05) is 12.0 Å². The predicted octanol–water partition coefficient (Wildman–Crippen LogP) is 3.80. The number of ketones is 1. The van der Waals surface area contributed by atoms with Gasteiger partial charge in [-0.15, -0.1) is 10.2 Å². The Morgan fingerprint density at radius 2 is 1.94 bits per heavy atom. The van der Waals surface area contributed by atoms with Crippen LogP contribution in [0.5, 0.6) is 5.75 Å². The molecule has 2 aliphatic rings. The number of nitrogens with zero attached hydrogens (tertiary/aromatic N) is 3. The Morgan fingerprint density at radius 3 is 2.65 bits per heavy atom. The van der Waals surface area contributed by atoms with Crippen LogP contribution in [0.2, 0.25) is 0 Å². The molecule has 0 saturated carbocycles. The van der Waals surface area contributed by atoms with Crippen LogP contribution in [0.3, 0.4) is 0 Å². The summed E-state index contributed by atoms with van der Waals surface area (Å²) < 4.78 is 5.73. The fraction of sp³-hybridized carbons (Fsp3) is 0.217. The van der Waals surface area contributed by atoms with Gasteiger partial charge >= 0.3 is 5.91 Å². The van der Waals surface area contributed by atoms with Gasteiger partial charge in [0.05, 0.1) is 11.6 Å². The summed E-state index contributed by atoms with van der Waals surface area (Å²) in [5.74, 6) is -0.916. The molecule has 1 N–H and O–H groups in total. The minimum Gasteiger partial charge on any atom is -0.507 e. The minimum absolute atomic E-state index is 0.0379. The van der Waals surface area contributed by atoms with E-state index in [0.717, 1.165) is 17.7 Å². The molecule has 1 saturated heterocycles. The molecule has 7 nitrogen and oxygen atoms in total. The third-order valence-electron chi connectivity index (χ3n) is 5.45. The first-order valence-electron chi connectivity index (χ1n) is 9.90. The van der Waals surface area contributed by atoms with E-state index in [9.17, 15) is 14.7 Å². The number of hydrogen-bond acceptors (Lipinski definition) is 7. The smallest absolute Gasteiger partial charge is 0.301 e. The van der Waals surface area contributed by atoms with Crippen LogP contribution in [0.25, 0.3) is 5.76 Å². The number of anilines is 1. The Hall–Kier alpha value is -3.52. The first-order chi connectivity index (χ1) is 14.9. The molecular weight excluding hydrogens is 414 g/mol. The lowest BCUT2D eigenvalue weighted by molar-refractivity contribution is -0.132. The van der Waals surface area contributed by atoms with Crippen molar-refractivity contribution in [2.45, 2.75) is 32.4 Å². The van der Waals surface area contributed by atoms with Gasteiger partial charge in [-0.25, -0.2) is 0 Å². The second-order valence-electron chi connectivity index (χ2n) is 7.64. The zero-order valence-electron chi connectivity index (χ0n) is 16.9. The Bertz CT molecular complexity index is 1230. The van der Waals surface area contributed by atoms with Gasteiger partial charge in [0.15, 0.2) is 0 Å². The molecule has 3 aromatic rings. The van der Waals surface area contributed by atoms with E-state index < -0.39 is 17.7 Å². The maximum absolute atomic E-state index is 13.1. The van der Waals surface area contributed by atoms with E-state index in [1.54, 1.807) is 19.1 Å². The van der Waals surface area contributed by atoms with Crippen molar-refractivity contribution in [2.24, 2.45) is 0 Å². The maximum atomic E-state index is 13.1. The number of hydrogen-bond donors (Lipinski definition) is 1. The van der Waals surface area contributed by atoms with Crippen molar-refractivity contribution in [3.63, 3.8) is 0 Å². The first-order valence-corrected chi connectivity index (χ1v) is 10.7. The standard InChI is InChI=1S/C23H19N3O4S/c1-12-10-16-11-15(8-9-17(16)30-12)20(27)18-19(14-6-4-3-5-7-14)26(22(29)21(18)28)23-25-24-13(2)31-23/h3-9,11-12,19,27H,10H2,1-2H3. The molecule has 2 aliphatic heterocycles. The molecule has 31 heavy (non-hydrogen) atoms.